The Kier molecular flexibility index (Phi) is 7.16. The van der Waals surface area contributed by atoms with E-state index in [1.807, 2.05) is 23.1 Å². The molecule has 1 aromatic carbocycles. The molecule has 0 aliphatic carbocycles. The van der Waals surface area contributed by atoms with Crippen molar-refractivity contribution in [3.8, 4) is 11.6 Å². The fraction of sp³-hybridized carbons (Fsp3) is 0.238. The largest absolute Gasteiger partial charge is 0.439 e. The molecule has 1 aliphatic heterocycles. The van der Waals surface area contributed by atoms with Gasteiger partial charge in [-0.25, -0.2) is 15.0 Å². The van der Waals surface area contributed by atoms with Crippen LogP contribution in [0.3, 0.4) is 0 Å². The first-order valence-corrected chi connectivity index (χ1v) is 9.47. The maximum Gasteiger partial charge on any atom is 0.254 e. The molecule has 1 aliphatic rings. The standard InChI is InChI=1S/C21H22N6O2.ClH/c22-14-17-13-20(25-15-24-17)29-18-5-3-4-16(12-18)21(28)27-10-8-26(9-11-27)19-6-1-2-7-23-19;/h1-7,12-13,15H,8-11,14,22H2;1H. The molecule has 0 spiro atoms. The zero-order chi connectivity index (χ0) is 20.1. The van der Waals surface area contributed by atoms with Gasteiger partial charge in [0.2, 0.25) is 5.88 Å². The quantitative estimate of drug-likeness (QED) is 0.669. The van der Waals surface area contributed by atoms with Crippen molar-refractivity contribution >= 4 is 24.1 Å². The summed E-state index contributed by atoms with van der Waals surface area (Å²) in [6, 6.07) is 14.7. The lowest BCUT2D eigenvalue weighted by Crippen LogP contribution is -2.49. The fourth-order valence-electron chi connectivity index (χ4n) is 3.22. The second-order valence-corrected chi connectivity index (χ2v) is 6.65. The number of carbonyl (C=O) groups excluding carboxylic acids is 1. The number of halogens is 1. The van der Waals surface area contributed by atoms with E-state index >= 15 is 0 Å². The third-order valence-electron chi connectivity index (χ3n) is 4.75. The normalized spacial score (nSPS) is 13.5. The van der Waals surface area contributed by atoms with Crippen molar-refractivity contribution in [3.05, 3.63) is 72.3 Å². The summed E-state index contributed by atoms with van der Waals surface area (Å²) < 4.78 is 5.78. The Labute approximate surface area is 181 Å². The molecular formula is C21H23ClN6O2. The third-order valence-corrected chi connectivity index (χ3v) is 4.75. The van der Waals surface area contributed by atoms with Crippen LogP contribution >= 0.6 is 12.4 Å². The molecule has 1 amide bonds. The first-order valence-electron chi connectivity index (χ1n) is 9.47. The van der Waals surface area contributed by atoms with Crippen molar-refractivity contribution < 1.29 is 9.53 Å². The molecule has 0 saturated carbocycles. The van der Waals surface area contributed by atoms with Gasteiger partial charge in [-0.3, -0.25) is 4.79 Å². The fourth-order valence-corrected chi connectivity index (χ4v) is 3.22. The number of rotatable bonds is 5. The number of ether oxygens (including phenoxy) is 1. The van der Waals surface area contributed by atoms with E-state index in [0.29, 0.717) is 42.5 Å². The maximum atomic E-state index is 12.9. The third kappa shape index (κ3) is 5.03. The van der Waals surface area contributed by atoms with Gasteiger partial charge in [0.1, 0.15) is 17.9 Å². The summed E-state index contributed by atoms with van der Waals surface area (Å²) in [7, 11) is 0. The molecule has 30 heavy (non-hydrogen) atoms. The van der Waals surface area contributed by atoms with Crippen LogP contribution in [0, 0.1) is 0 Å². The number of amides is 1. The number of nitrogens with two attached hydrogens (primary N) is 1. The Morgan fingerprint density at radius 3 is 2.57 bits per heavy atom. The van der Waals surface area contributed by atoms with E-state index in [1.165, 1.54) is 6.33 Å². The smallest absolute Gasteiger partial charge is 0.254 e. The zero-order valence-electron chi connectivity index (χ0n) is 16.3. The van der Waals surface area contributed by atoms with Crippen LogP contribution in [0.1, 0.15) is 16.1 Å². The molecular weight excluding hydrogens is 404 g/mol. The molecule has 9 heteroatoms. The van der Waals surface area contributed by atoms with E-state index in [4.69, 9.17) is 10.5 Å². The van der Waals surface area contributed by atoms with Crippen LogP contribution in [0.4, 0.5) is 5.82 Å². The lowest BCUT2D eigenvalue weighted by atomic mass is 10.1. The molecule has 1 fully saturated rings. The van der Waals surface area contributed by atoms with Crippen molar-refractivity contribution in [3.63, 3.8) is 0 Å². The summed E-state index contributed by atoms with van der Waals surface area (Å²) in [5.41, 5.74) is 6.88. The molecule has 2 aromatic heterocycles. The minimum Gasteiger partial charge on any atom is -0.439 e. The van der Waals surface area contributed by atoms with Gasteiger partial charge in [0.05, 0.1) is 5.69 Å². The van der Waals surface area contributed by atoms with Crippen LogP contribution in [-0.2, 0) is 6.54 Å². The Balaban J connectivity index is 0.00000256. The van der Waals surface area contributed by atoms with Gasteiger partial charge in [0.25, 0.3) is 5.91 Å². The average Bonchev–Trinajstić information content (AvgIpc) is 2.79. The van der Waals surface area contributed by atoms with Gasteiger partial charge < -0.3 is 20.3 Å². The minimum atomic E-state index is -0.0125. The maximum absolute atomic E-state index is 12.9. The zero-order valence-corrected chi connectivity index (χ0v) is 17.2. The van der Waals surface area contributed by atoms with Gasteiger partial charge in [0.15, 0.2) is 0 Å². The van der Waals surface area contributed by atoms with Gasteiger partial charge >= 0.3 is 0 Å². The second-order valence-electron chi connectivity index (χ2n) is 6.65. The first kappa shape index (κ1) is 21.5. The molecule has 3 aromatic rings. The van der Waals surface area contributed by atoms with E-state index in [-0.39, 0.29) is 18.3 Å². The second kappa shape index (κ2) is 10.00. The monoisotopic (exact) mass is 426 g/mol. The van der Waals surface area contributed by atoms with Crippen molar-refractivity contribution in [2.45, 2.75) is 6.54 Å². The number of carbonyl (C=O) groups is 1. The molecule has 0 radical (unpaired) electrons. The molecule has 156 valence electrons. The van der Waals surface area contributed by atoms with Gasteiger partial charge in [0, 0.05) is 50.6 Å². The summed E-state index contributed by atoms with van der Waals surface area (Å²) in [6.45, 7) is 3.10. The van der Waals surface area contributed by atoms with E-state index in [2.05, 4.69) is 19.9 Å². The number of aromatic nitrogens is 3. The van der Waals surface area contributed by atoms with Gasteiger partial charge in [-0.05, 0) is 30.3 Å². The van der Waals surface area contributed by atoms with E-state index in [9.17, 15) is 4.79 Å². The highest BCUT2D eigenvalue weighted by molar-refractivity contribution is 5.94. The number of hydrogen-bond donors (Lipinski definition) is 1. The molecule has 1 saturated heterocycles. The van der Waals surface area contributed by atoms with Crippen molar-refractivity contribution in [2.24, 2.45) is 5.73 Å². The lowest BCUT2D eigenvalue weighted by molar-refractivity contribution is 0.0746. The van der Waals surface area contributed by atoms with Gasteiger partial charge in [-0.2, -0.15) is 0 Å². The number of pyridine rings is 1. The number of hydrogen-bond acceptors (Lipinski definition) is 7. The van der Waals surface area contributed by atoms with Crippen LogP contribution in [0.25, 0.3) is 0 Å². The van der Waals surface area contributed by atoms with E-state index in [0.717, 1.165) is 18.9 Å². The number of piperazine rings is 1. The number of benzene rings is 1. The SMILES string of the molecule is Cl.NCc1cc(Oc2cccc(C(=O)N3CCN(c4ccccn4)CC3)c2)ncn1. The highest BCUT2D eigenvalue weighted by Crippen LogP contribution is 2.22. The predicted molar refractivity (Wildman–Crippen MR) is 116 cm³/mol. The van der Waals surface area contributed by atoms with Crippen LogP contribution in [0.15, 0.2) is 61.1 Å². The highest BCUT2D eigenvalue weighted by Gasteiger charge is 2.23. The van der Waals surface area contributed by atoms with Crippen molar-refractivity contribution in [1.29, 1.82) is 0 Å². The Morgan fingerprint density at radius 2 is 1.83 bits per heavy atom. The van der Waals surface area contributed by atoms with E-state index in [1.54, 1.807) is 36.5 Å². The average molecular weight is 427 g/mol. The predicted octanol–water partition coefficient (Wildman–Crippen LogP) is 2.51. The van der Waals surface area contributed by atoms with Gasteiger partial charge in [-0.1, -0.05) is 12.1 Å². The van der Waals surface area contributed by atoms with Crippen molar-refractivity contribution in [2.75, 3.05) is 31.1 Å². The summed E-state index contributed by atoms with van der Waals surface area (Å²) in [5, 5.41) is 0. The van der Waals surface area contributed by atoms with Crippen LogP contribution in [0.2, 0.25) is 0 Å². The van der Waals surface area contributed by atoms with Crippen LogP contribution in [-0.4, -0.2) is 51.9 Å². The summed E-state index contributed by atoms with van der Waals surface area (Å²) in [5.74, 6) is 1.87. The molecule has 8 nitrogen and oxygen atoms in total. The summed E-state index contributed by atoms with van der Waals surface area (Å²) in [6.07, 6.45) is 3.19. The summed E-state index contributed by atoms with van der Waals surface area (Å²) >= 11 is 0. The molecule has 0 atom stereocenters. The molecule has 0 unspecified atom stereocenters. The molecule has 0 bridgehead atoms. The molecule has 3 heterocycles. The highest BCUT2D eigenvalue weighted by atomic mass is 35.5. The molecule has 2 N–H and O–H groups in total. The van der Waals surface area contributed by atoms with Crippen LogP contribution in [0.5, 0.6) is 11.6 Å². The number of anilines is 1. The summed E-state index contributed by atoms with van der Waals surface area (Å²) in [4.78, 5) is 29.5. The Bertz CT molecular complexity index is 980. The Morgan fingerprint density at radius 1 is 1.00 bits per heavy atom. The van der Waals surface area contributed by atoms with E-state index < -0.39 is 0 Å². The minimum absolute atomic E-state index is 0. The number of nitrogens with zero attached hydrogens (tertiary/aromatic N) is 5. The topological polar surface area (TPSA) is 97.5 Å². The molecule has 4 rings (SSSR count). The van der Waals surface area contributed by atoms with Crippen LogP contribution < -0.4 is 15.4 Å². The first-order chi connectivity index (χ1) is 14.2. The van der Waals surface area contributed by atoms with Crippen molar-refractivity contribution in [1.82, 2.24) is 19.9 Å². The lowest BCUT2D eigenvalue weighted by Gasteiger charge is -2.35. The van der Waals surface area contributed by atoms with Gasteiger partial charge in [-0.15, -0.1) is 12.4 Å². The Hall–Kier alpha value is -3.23.